The molecule has 0 aliphatic carbocycles. The van der Waals surface area contributed by atoms with Crippen molar-refractivity contribution >= 4 is 28.2 Å². The summed E-state index contributed by atoms with van der Waals surface area (Å²) >= 11 is 3.16. The highest BCUT2D eigenvalue weighted by Crippen LogP contribution is 2.09. The van der Waals surface area contributed by atoms with Crippen LogP contribution in [0.25, 0.3) is 0 Å². The average molecular weight is 246 g/mol. The second kappa shape index (κ2) is 6.30. The van der Waals surface area contributed by atoms with Crippen molar-refractivity contribution in [2.75, 3.05) is 0 Å². The Morgan fingerprint density at radius 2 is 2.23 bits per heavy atom. The van der Waals surface area contributed by atoms with Crippen LogP contribution in [-0.4, -0.2) is 22.3 Å². The predicted molar refractivity (Wildman–Crippen MR) is 50.6 cm³/mol. The number of carbonyl (C=O) groups excluding carboxylic acids is 1. The number of aromatic nitrogens is 1. The highest BCUT2D eigenvalue weighted by Gasteiger charge is 1.94. The van der Waals surface area contributed by atoms with Gasteiger partial charge in [0.05, 0.1) is 0 Å². The monoisotopic (exact) mass is 245 g/mol. The van der Waals surface area contributed by atoms with Gasteiger partial charge in [-0.1, -0.05) is 0 Å². The fourth-order valence-corrected chi connectivity index (χ4v) is 0.833. The largest absolute Gasteiger partial charge is 0.481 e. The van der Waals surface area contributed by atoms with E-state index in [0.29, 0.717) is 12.0 Å². The minimum atomic E-state index is -0.833. The highest BCUT2D eigenvalue weighted by molar-refractivity contribution is 9.10. The normalized spacial score (nSPS) is 8.15. The van der Waals surface area contributed by atoms with E-state index in [-0.39, 0.29) is 0 Å². The van der Waals surface area contributed by atoms with Crippen molar-refractivity contribution in [3.63, 3.8) is 0 Å². The van der Waals surface area contributed by atoms with Crippen LogP contribution in [0.4, 0.5) is 0 Å². The number of aliphatic carboxylic acids is 1. The van der Waals surface area contributed by atoms with Gasteiger partial charge >= 0.3 is 0 Å². The molecule has 0 spiro atoms. The van der Waals surface area contributed by atoms with Gasteiger partial charge in [-0.15, -0.1) is 0 Å². The molecule has 70 valence electrons. The lowest BCUT2D eigenvalue weighted by Crippen LogP contribution is -1.84. The quantitative estimate of drug-likeness (QED) is 0.766. The number of aldehydes is 1. The van der Waals surface area contributed by atoms with E-state index in [1.54, 1.807) is 18.3 Å². The molecule has 13 heavy (non-hydrogen) atoms. The van der Waals surface area contributed by atoms with Crippen LogP contribution in [0.15, 0.2) is 22.8 Å². The van der Waals surface area contributed by atoms with Gasteiger partial charge in [0.15, 0.2) is 6.29 Å². The summed E-state index contributed by atoms with van der Waals surface area (Å²) in [6, 6.07) is 3.54. The first-order chi connectivity index (χ1) is 6.07. The van der Waals surface area contributed by atoms with Crippen molar-refractivity contribution < 1.29 is 14.7 Å². The Morgan fingerprint density at radius 1 is 1.69 bits per heavy atom. The summed E-state index contributed by atoms with van der Waals surface area (Å²) in [4.78, 5) is 22.9. The second-order valence-corrected chi connectivity index (χ2v) is 2.86. The van der Waals surface area contributed by atoms with Crippen LogP contribution >= 0.6 is 15.9 Å². The maximum absolute atomic E-state index is 10.1. The van der Waals surface area contributed by atoms with Crippen molar-refractivity contribution in [3.8, 4) is 0 Å². The fraction of sp³-hybridized carbons (Fsp3) is 0.125. The number of carboxylic acids is 1. The number of carboxylic acid groups (broad SMARTS) is 1. The Hall–Kier alpha value is -1.23. The molecule has 1 N–H and O–H groups in total. The number of rotatable bonds is 1. The molecule has 0 aliphatic rings. The lowest BCUT2D eigenvalue weighted by Gasteiger charge is -1.89. The zero-order chi connectivity index (χ0) is 10.3. The van der Waals surface area contributed by atoms with Crippen LogP contribution in [-0.2, 0) is 4.79 Å². The van der Waals surface area contributed by atoms with Crippen LogP contribution in [0, 0.1) is 0 Å². The molecule has 0 saturated heterocycles. The Labute approximate surface area is 83.7 Å². The smallest absolute Gasteiger partial charge is 0.300 e. The van der Waals surface area contributed by atoms with Gasteiger partial charge in [-0.05, 0) is 28.1 Å². The van der Waals surface area contributed by atoms with Crippen LogP contribution in [0.2, 0.25) is 0 Å². The standard InChI is InChI=1S/C6H4BrNO.C2H4O2/c7-5-2-1-3-8-6(5)4-9;1-2(3)4/h1-4H;1H3,(H,3,4). The predicted octanol–water partition coefficient (Wildman–Crippen LogP) is 1.75. The lowest BCUT2D eigenvalue weighted by atomic mass is 10.4. The SMILES string of the molecule is CC(=O)O.O=Cc1ncccc1Br. The molecule has 0 unspecified atom stereocenters. The highest BCUT2D eigenvalue weighted by atomic mass is 79.9. The summed E-state index contributed by atoms with van der Waals surface area (Å²) in [6.45, 7) is 1.08. The number of pyridine rings is 1. The molecule has 1 aromatic heterocycles. The van der Waals surface area contributed by atoms with Gasteiger partial charge < -0.3 is 5.11 Å². The van der Waals surface area contributed by atoms with Gasteiger partial charge in [0, 0.05) is 17.6 Å². The summed E-state index contributed by atoms with van der Waals surface area (Å²) in [5.74, 6) is -0.833. The molecule has 0 aromatic carbocycles. The molecule has 0 amide bonds. The first-order valence-corrected chi connectivity index (χ1v) is 4.12. The van der Waals surface area contributed by atoms with Gasteiger partial charge in [-0.2, -0.15) is 0 Å². The fourth-order valence-electron chi connectivity index (χ4n) is 0.485. The molecule has 0 saturated carbocycles. The summed E-state index contributed by atoms with van der Waals surface area (Å²) < 4.78 is 0.736. The molecular formula is C8H8BrNO3. The second-order valence-electron chi connectivity index (χ2n) is 2.01. The van der Waals surface area contributed by atoms with Crippen molar-refractivity contribution in [1.82, 2.24) is 4.98 Å². The first kappa shape index (κ1) is 11.8. The molecule has 0 aliphatic heterocycles. The van der Waals surface area contributed by atoms with Gasteiger partial charge in [-0.3, -0.25) is 14.6 Å². The molecule has 0 bridgehead atoms. The Balaban J connectivity index is 0.000000310. The number of halogens is 1. The van der Waals surface area contributed by atoms with E-state index in [9.17, 15) is 4.79 Å². The van der Waals surface area contributed by atoms with Gasteiger partial charge in [-0.25, -0.2) is 0 Å². The zero-order valence-electron chi connectivity index (χ0n) is 6.90. The molecule has 1 aromatic rings. The number of carbonyl (C=O) groups is 2. The van der Waals surface area contributed by atoms with E-state index in [2.05, 4.69) is 20.9 Å². The zero-order valence-corrected chi connectivity index (χ0v) is 8.48. The average Bonchev–Trinajstić information content (AvgIpc) is 2.04. The third kappa shape index (κ3) is 5.98. The Bertz CT molecular complexity index is 297. The molecule has 1 rings (SSSR count). The summed E-state index contributed by atoms with van der Waals surface area (Å²) in [5.41, 5.74) is 0.442. The van der Waals surface area contributed by atoms with E-state index in [1.807, 2.05) is 0 Å². The molecule has 0 atom stereocenters. The third-order valence-corrected chi connectivity index (χ3v) is 1.57. The molecule has 4 nitrogen and oxygen atoms in total. The minimum Gasteiger partial charge on any atom is -0.481 e. The maximum atomic E-state index is 10.1. The van der Waals surface area contributed by atoms with Crippen LogP contribution in [0.1, 0.15) is 17.4 Å². The Morgan fingerprint density at radius 3 is 2.54 bits per heavy atom. The maximum Gasteiger partial charge on any atom is 0.300 e. The third-order valence-electron chi connectivity index (χ3n) is 0.899. The molecule has 5 heteroatoms. The summed E-state index contributed by atoms with van der Waals surface area (Å²) in [6.07, 6.45) is 2.29. The summed E-state index contributed by atoms with van der Waals surface area (Å²) in [7, 11) is 0. The Kier molecular flexibility index (Phi) is 5.71. The van der Waals surface area contributed by atoms with Gasteiger partial charge in [0.25, 0.3) is 5.97 Å². The number of nitrogens with zero attached hydrogens (tertiary/aromatic N) is 1. The van der Waals surface area contributed by atoms with Gasteiger partial charge in [0.1, 0.15) is 5.69 Å². The van der Waals surface area contributed by atoms with E-state index in [4.69, 9.17) is 9.90 Å². The van der Waals surface area contributed by atoms with Crippen molar-refractivity contribution in [1.29, 1.82) is 0 Å². The van der Waals surface area contributed by atoms with Crippen molar-refractivity contribution in [2.45, 2.75) is 6.92 Å². The van der Waals surface area contributed by atoms with Crippen molar-refractivity contribution in [2.24, 2.45) is 0 Å². The van der Waals surface area contributed by atoms with E-state index >= 15 is 0 Å². The molecule has 0 fully saturated rings. The van der Waals surface area contributed by atoms with Crippen LogP contribution in [0.5, 0.6) is 0 Å². The topological polar surface area (TPSA) is 67.3 Å². The molecular weight excluding hydrogens is 238 g/mol. The minimum absolute atomic E-state index is 0.442. The number of hydrogen-bond donors (Lipinski definition) is 1. The molecule has 1 heterocycles. The van der Waals surface area contributed by atoms with Crippen LogP contribution < -0.4 is 0 Å². The van der Waals surface area contributed by atoms with E-state index in [1.165, 1.54) is 0 Å². The lowest BCUT2D eigenvalue weighted by molar-refractivity contribution is -0.134. The number of hydrogen-bond acceptors (Lipinski definition) is 3. The summed E-state index contributed by atoms with van der Waals surface area (Å²) in [5, 5.41) is 7.42. The van der Waals surface area contributed by atoms with Crippen molar-refractivity contribution in [3.05, 3.63) is 28.5 Å². The van der Waals surface area contributed by atoms with E-state index < -0.39 is 5.97 Å². The van der Waals surface area contributed by atoms with E-state index in [0.717, 1.165) is 11.4 Å². The van der Waals surface area contributed by atoms with Gasteiger partial charge in [0.2, 0.25) is 0 Å². The van der Waals surface area contributed by atoms with Crippen LogP contribution in [0.3, 0.4) is 0 Å². The first-order valence-electron chi connectivity index (χ1n) is 3.33. The molecule has 0 radical (unpaired) electrons.